The second-order valence-electron chi connectivity index (χ2n) is 7.19. The minimum absolute atomic E-state index is 0.402. The van der Waals surface area contributed by atoms with Crippen molar-refractivity contribution in [3.63, 3.8) is 0 Å². The van der Waals surface area contributed by atoms with Crippen molar-refractivity contribution >= 4 is 17.4 Å². The van der Waals surface area contributed by atoms with Gasteiger partial charge in [-0.15, -0.1) is 0 Å². The molecule has 2 saturated heterocycles. The fourth-order valence-corrected chi connectivity index (χ4v) is 4.89. The first-order valence-electron chi connectivity index (χ1n) is 8.29. The normalized spacial score (nSPS) is 25.9. The van der Waals surface area contributed by atoms with E-state index in [4.69, 9.17) is 0 Å². The van der Waals surface area contributed by atoms with Crippen molar-refractivity contribution in [3.05, 3.63) is 29.8 Å². The summed E-state index contributed by atoms with van der Waals surface area (Å²) in [5, 5.41) is 3.76. The van der Waals surface area contributed by atoms with Gasteiger partial charge in [-0.3, -0.25) is 4.90 Å². The molecule has 2 heterocycles. The van der Waals surface area contributed by atoms with Crippen LogP contribution in [0.15, 0.2) is 24.3 Å². The lowest BCUT2D eigenvalue weighted by molar-refractivity contribution is 0.305. The number of nitrogens with one attached hydrogen (secondary N) is 1. The number of thioether (sulfide) groups is 1. The molecule has 3 heteroatoms. The van der Waals surface area contributed by atoms with E-state index in [0.29, 0.717) is 11.5 Å². The van der Waals surface area contributed by atoms with E-state index in [2.05, 4.69) is 60.1 Å². The summed E-state index contributed by atoms with van der Waals surface area (Å²) in [5.41, 5.74) is 3.12. The summed E-state index contributed by atoms with van der Waals surface area (Å²) in [5.74, 6) is 2.53. The fraction of sp³-hybridized carbons (Fsp3) is 0.667. The van der Waals surface area contributed by atoms with Crippen molar-refractivity contribution in [3.8, 4) is 0 Å². The molecule has 0 amide bonds. The van der Waals surface area contributed by atoms with Crippen LogP contribution < -0.4 is 5.32 Å². The highest BCUT2D eigenvalue weighted by molar-refractivity contribution is 7.99. The Labute approximate surface area is 133 Å². The van der Waals surface area contributed by atoms with Crippen LogP contribution >= 0.6 is 11.8 Å². The van der Waals surface area contributed by atoms with Crippen LogP contribution in [0.1, 0.15) is 38.7 Å². The predicted molar refractivity (Wildman–Crippen MR) is 94.1 cm³/mol. The van der Waals surface area contributed by atoms with Crippen LogP contribution in [0.5, 0.6) is 0 Å². The van der Waals surface area contributed by atoms with Gasteiger partial charge in [0.2, 0.25) is 0 Å². The summed E-state index contributed by atoms with van der Waals surface area (Å²) in [7, 11) is 0. The van der Waals surface area contributed by atoms with Gasteiger partial charge in [0, 0.05) is 24.0 Å². The van der Waals surface area contributed by atoms with Gasteiger partial charge in [-0.1, -0.05) is 26.0 Å². The highest BCUT2D eigenvalue weighted by Gasteiger charge is 2.32. The maximum Gasteiger partial charge on any atom is 0.0403 e. The third kappa shape index (κ3) is 3.95. The molecule has 0 saturated carbocycles. The van der Waals surface area contributed by atoms with Gasteiger partial charge in [-0.25, -0.2) is 0 Å². The molecule has 0 spiro atoms. The summed E-state index contributed by atoms with van der Waals surface area (Å²) >= 11 is 2.08. The lowest BCUT2D eigenvalue weighted by Gasteiger charge is -2.39. The molecule has 21 heavy (non-hydrogen) atoms. The lowest BCUT2D eigenvalue weighted by atomic mass is 9.82. The van der Waals surface area contributed by atoms with Crippen LogP contribution in [0.4, 0.5) is 5.69 Å². The van der Waals surface area contributed by atoms with Gasteiger partial charge in [0.05, 0.1) is 0 Å². The molecular weight excluding hydrogens is 276 g/mol. The first kappa shape index (κ1) is 15.2. The van der Waals surface area contributed by atoms with E-state index < -0.39 is 0 Å². The summed E-state index contributed by atoms with van der Waals surface area (Å²) in [6.07, 6.45) is 4.05. The number of benzene rings is 1. The molecule has 2 nitrogen and oxygen atoms in total. The Morgan fingerprint density at radius 2 is 1.90 bits per heavy atom. The zero-order valence-corrected chi connectivity index (χ0v) is 14.2. The van der Waals surface area contributed by atoms with Crippen molar-refractivity contribution in [1.82, 2.24) is 4.90 Å². The first-order valence-corrected chi connectivity index (χ1v) is 9.44. The van der Waals surface area contributed by atoms with Crippen molar-refractivity contribution in [1.29, 1.82) is 0 Å². The van der Waals surface area contributed by atoms with Gasteiger partial charge in [0.1, 0.15) is 0 Å². The molecule has 1 atom stereocenters. The number of nitrogens with zero attached hydrogens (tertiary/aromatic N) is 1. The average molecular weight is 305 g/mol. The molecule has 0 bridgehead atoms. The highest BCUT2D eigenvalue weighted by Crippen LogP contribution is 2.36. The highest BCUT2D eigenvalue weighted by atomic mass is 32.2. The Morgan fingerprint density at radius 1 is 1.19 bits per heavy atom. The molecule has 3 rings (SSSR count). The fourth-order valence-electron chi connectivity index (χ4n) is 3.28. The van der Waals surface area contributed by atoms with E-state index in [1.54, 1.807) is 0 Å². The van der Waals surface area contributed by atoms with Crippen molar-refractivity contribution in [2.24, 2.45) is 5.41 Å². The molecule has 0 aromatic heterocycles. The zero-order valence-electron chi connectivity index (χ0n) is 13.4. The molecule has 2 aliphatic rings. The third-order valence-electron chi connectivity index (χ3n) is 5.02. The smallest absolute Gasteiger partial charge is 0.0403 e. The zero-order chi connectivity index (χ0) is 14.7. The molecular formula is C18H28N2S. The Morgan fingerprint density at radius 3 is 2.57 bits per heavy atom. The van der Waals surface area contributed by atoms with Crippen molar-refractivity contribution in [2.45, 2.75) is 45.7 Å². The second kappa shape index (κ2) is 6.62. The van der Waals surface area contributed by atoms with E-state index in [1.165, 1.54) is 55.1 Å². The van der Waals surface area contributed by atoms with Crippen LogP contribution in [-0.2, 0) is 6.54 Å². The van der Waals surface area contributed by atoms with Gasteiger partial charge in [0.15, 0.2) is 0 Å². The molecule has 1 aromatic carbocycles. The van der Waals surface area contributed by atoms with Crippen molar-refractivity contribution < 1.29 is 0 Å². The first-order chi connectivity index (χ1) is 10.1. The quantitative estimate of drug-likeness (QED) is 0.896. The maximum atomic E-state index is 3.76. The van der Waals surface area contributed by atoms with Crippen LogP contribution in [-0.4, -0.2) is 35.5 Å². The predicted octanol–water partition coefficient (Wildman–Crippen LogP) is 4.23. The molecule has 0 radical (unpaired) electrons. The maximum absolute atomic E-state index is 3.76. The molecule has 1 aromatic rings. The number of anilines is 1. The minimum Gasteiger partial charge on any atom is -0.381 e. The van der Waals surface area contributed by atoms with E-state index in [9.17, 15) is 0 Å². The number of hydrogen-bond donors (Lipinski definition) is 1. The number of hydrogen-bond acceptors (Lipinski definition) is 3. The monoisotopic (exact) mass is 304 g/mol. The second-order valence-corrected chi connectivity index (χ2v) is 8.34. The van der Waals surface area contributed by atoms with E-state index >= 15 is 0 Å². The van der Waals surface area contributed by atoms with Gasteiger partial charge in [-0.2, -0.15) is 11.8 Å². The Bertz CT molecular complexity index is 449. The van der Waals surface area contributed by atoms with Crippen LogP contribution in [0, 0.1) is 5.41 Å². The summed E-state index contributed by atoms with van der Waals surface area (Å²) in [6.45, 7) is 8.45. The largest absolute Gasteiger partial charge is 0.381 e. The minimum atomic E-state index is 0.402. The SMILES string of the molecule is CC1(C)CCSCC1Nc1ccc(CN2CCCC2)cc1. The number of rotatable bonds is 4. The Hall–Kier alpha value is -0.670. The van der Waals surface area contributed by atoms with Gasteiger partial charge in [-0.05, 0) is 61.2 Å². The lowest BCUT2D eigenvalue weighted by Crippen LogP contribution is -2.41. The summed E-state index contributed by atoms with van der Waals surface area (Å²) in [4.78, 5) is 2.56. The van der Waals surface area contributed by atoms with Crippen LogP contribution in [0.25, 0.3) is 0 Å². The van der Waals surface area contributed by atoms with Gasteiger partial charge < -0.3 is 5.32 Å². The van der Waals surface area contributed by atoms with E-state index in [-0.39, 0.29) is 0 Å². The molecule has 0 aliphatic carbocycles. The third-order valence-corrected chi connectivity index (χ3v) is 6.08. The van der Waals surface area contributed by atoms with E-state index in [1.807, 2.05) is 0 Å². The van der Waals surface area contributed by atoms with Crippen LogP contribution in [0.2, 0.25) is 0 Å². The Balaban J connectivity index is 1.58. The van der Waals surface area contributed by atoms with Gasteiger partial charge >= 0.3 is 0 Å². The molecule has 2 fully saturated rings. The van der Waals surface area contributed by atoms with Crippen LogP contribution in [0.3, 0.4) is 0 Å². The molecule has 1 N–H and O–H groups in total. The molecule has 2 aliphatic heterocycles. The molecule has 116 valence electrons. The van der Waals surface area contributed by atoms with Gasteiger partial charge in [0.25, 0.3) is 0 Å². The van der Waals surface area contributed by atoms with E-state index in [0.717, 1.165) is 6.54 Å². The standard InChI is InChI=1S/C18H28N2S/c1-18(2)9-12-21-14-17(18)19-16-7-5-15(6-8-16)13-20-10-3-4-11-20/h5-8,17,19H,3-4,9-14H2,1-2H3. The van der Waals surface area contributed by atoms with Crippen molar-refractivity contribution in [2.75, 3.05) is 29.9 Å². The topological polar surface area (TPSA) is 15.3 Å². The number of likely N-dealkylation sites (tertiary alicyclic amines) is 1. The summed E-state index contributed by atoms with van der Waals surface area (Å²) < 4.78 is 0. The Kier molecular flexibility index (Phi) is 4.80. The summed E-state index contributed by atoms with van der Waals surface area (Å²) in [6, 6.07) is 9.70. The average Bonchev–Trinajstić information content (AvgIpc) is 2.96. The molecule has 1 unspecified atom stereocenters.